The Kier molecular flexibility index (Phi) is 3.22. The monoisotopic (exact) mass is 248 g/mol. The van der Waals surface area contributed by atoms with Gasteiger partial charge in [-0.3, -0.25) is 9.59 Å². The lowest BCUT2D eigenvalue weighted by Gasteiger charge is -2.03. The first kappa shape index (κ1) is 12.0. The molecule has 2 aromatic rings. The van der Waals surface area contributed by atoms with Gasteiger partial charge in [0.05, 0.1) is 0 Å². The highest BCUT2D eigenvalue weighted by molar-refractivity contribution is 5.90. The largest absolute Gasteiger partial charge is 0.347 e. The molecule has 2 aromatic heterocycles. The molecular formula is C11H12N4O3. The molecule has 2 rings (SSSR count). The zero-order chi connectivity index (χ0) is 13.1. The van der Waals surface area contributed by atoms with Crippen molar-refractivity contribution in [2.75, 3.05) is 0 Å². The summed E-state index contributed by atoms with van der Waals surface area (Å²) in [4.78, 5) is 29.5. The summed E-state index contributed by atoms with van der Waals surface area (Å²) in [5.74, 6) is -0.514. The van der Waals surface area contributed by atoms with E-state index in [-0.39, 0.29) is 28.9 Å². The predicted octanol–water partition coefficient (Wildman–Crippen LogP) is 0.563. The van der Waals surface area contributed by atoms with E-state index < -0.39 is 5.91 Å². The van der Waals surface area contributed by atoms with E-state index >= 15 is 0 Å². The lowest BCUT2D eigenvalue weighted by Crippen LogP contribution is -2.30. The number of carbonyl (C=O) groups is 1. The Morgan fingerprint density at radius 1 is 1.50 bits per heavy atom. The number of hydrogen-bond acceptors (Lipinski definition) is 5. The van der Waals surface area contributed by atoms with Crippen LogP contribution in [0, 0.1) is 0 Å². The molecule has 0 unspecified atom stereocenters. The van der Waals surface area contributed by atoms with Gasteiger partial charge in [0.1, 0.15) is 5.56 Å². The molecule has 0 saturated carbocycles. The van der Waals surface area contributed by atoms with E-state index in [1.54, 1.807) is 6.07 Å². The van der Waals surface area contributed by atoms with Gasteiger partial charge < -0.3 is 14.8 Å². The van der Waals surface area contributed by atoms with Crippen LogP contribution in [-0.4, -0.2) is 27.1 Å². The second kappa shape index (κ2) is 4.82. The van der Waals surface area contributed by atoms with Crippen LogP contribution in [0.25, 0.3) is 11.5 Å². The number of H-pyrrole nitrogens is 1. The van der Waals surface area contributed by atoms with Crippen molar-refractivity contribution >= 4 is 5.91 Å². The van der Waals surface area contributed by atoms with Gasteiger partial charge in [-0.05, 0) is 26.0 Å². The van der Waals surface area contributed by atoms with E-state index in [0.717, 1.165) is 0 Å². The van der Waals surface area contributed by atoms with Crippen molar-refractivity contribution in [3.63, 3.8) is 0 Å². The smallest absolute Gasteiger partial charge is 0.292 e. The molecule has 7 nitrogen and oxygen atoms in total. The van der Waals surface area contributed by atoms with Gasteiger partial charge in [0.25, 0.3) is 23.2 Å². The molecule has 0 aliphatic carbocycles. The lowest BCUT2D eigenvalue weighted by molar-refractivity contribution is 0.0929. The molecule has 1 amide bonds. The molecule has 0 spiro atoms. The molecule has 0 aliphatic rings. The fourth-order valence-electron chi connectivity index (χ4n) is 1.34. The van der Waals surface area contributed by atoms with Crippen molar-refractivity contribution in [3.8, 4) is 11.5 Å². The van der Waals surface area contributed by atoms with Gasteiger partial charge in [0.2, 0.25) is 0 Å². The van der Waals surface area contributed by atoms with Crippen LogP contribution in [0.5, 0.6) is 0 Å². The van der Waals surface area contributed by atoms with Crippen LogP contribution in [0.4, 0.5) is 0 Å². The summed E-state index contributed by atoms with van der Waals surface area (Å²) in [5.41, 5.74) is -0.120. The first-order valence-electron chi connectivity index (χ1n) is 5.40. The van der Waals surface area contributed by atoms with E-state index in [4.69, 9.17) is 4.52 Å². The summed E-state index contributed by atoms with van der Waals surface area (Å²) in [7, 11) is 0. The second-order valence-corrected chi connectivity index (χ2v) is 3.96. The minimum Gasteiger partial charge on any atom is -0.347 e. The minimum atomic E-state index is -0.438. The maximum absolute atomic E-state index is 11.6. The van der Waals surface area contributed by atoms with Crippen molar-refractivity contribution in [1.82, 2.24) is 20.4 Å². The molecule has 18 heavy (non-hydrogen) atoms. The molecule has 0 atom stereocenters. The highest BCUT2D eigenvalue weighted by Gasteiger charge is 2.17. The molecule has 0 aromatic carbocycles. The molecule has 2 heterocycles. The maximum Gasteiger partial charge on any atom is 0.292 e. The van der Waals surface area contributed by atoms with Crippen LogP contribution < -0.4 is 10.9 Å². The minimum absolute atomic E-state index is 0.0192. The molecule has 0 radical (unpaired) electrons. The third kappa shape index (κ3) is 2.45. The number of rotatable bonds is 3. The van der Waals surface area contributed by atoms with Gasteiger partial charge >= 0.3 is 0 Å². The zero-order valence-corrected chi connectivity index (χ0v) is 9.93. The topological polar surface area (TPSA) is 101 Å². The van der Waals surface area contributed by atoms with Crippen LogP contribution >= 0.6 is 0 Å². The summed E-state index contributed by atoms with van der Waals surface area (Å²) >= 11 is 0. The normalized spacial score (nSPS) is 10.6. The van der Waals surface area contributed by atoms with E-state index in [2.05, 4.69) is 20.4 Å². The Hall–Kier alpha value is -2.44. The van der Waals surface area contributed by atoms with Crippen LogP contribution in [0.2, 0.25) is 0 Å². The van der Waals surface area contributed by atoms with Crippen molar-refractivity contribution in [2.24, 2.45) is 0 Å². The van der Waals surface area contributed by atoms with Crippen molar-refractivity contribution < 1.29 is 9.32 Å². The Labute approximate surface area is 102 Å². The Morgan fingerprint density at radius 3 is 2.94 bits per heavy atom. The lowest BCUT2D eigenvalue weighted by atomic mass is 10.3. The maximum atomic E-state index is 11.6. The highest BCUT2D eigenvalue weighted by Crippen LogP contribution is 2.11. The number of pyridine rings is 1. The van der Waals surface area contributed by atoms with Crippen molar-refractivity contribution in [2.45, 2.75) is 19.9 Å². The standard InChI is InChI=1S/C11H12N4O3/c1-6(2)13-10(17)8-14-11(18-15-8)7-4-3-5-12-9(7)16/h3-6H,1-2H3,(H,12,16)(H,13,17). The second-order valence-electron chi connectivity index (χ2n) is 3.96. The van der Waals surface area contributed by atoms with Crippen LogP contribution in [0.1, 0.15) is 24.5 Å². The first-order valence-corrected chi connectivity index (χ1v) is 5.40. The average molecular weight is 248 g/mol. The number of aromatic amines is 1. The summed E-state index contributed by atoms with van der Waals surface area (Å²) in [6, 6.07) is 3.14. The van der Waals surface area contributed by atoms with Crippen LogP contribution in [-0.2, 0) is 0 Å². The predicted molar refractivity (Wildman–Crippen MR) is 63.0 cm³/mol. The van der Waals surface area contributed by atoms with Gasteiger partial charge in [-0.15, -0.1) is 0 Å². The summed E-state index contributed by atoms with van der Waals surface area (Å²) in [6.07, 6.45) is 1.49. The van der Waals surface area contributed by atoms with Gasteiger partial charge in [0.15, 0.2) is 0 Å². The number of amides is 1. The molecule has 0 aliphatic heterocycles. The number of nitrogens with one attached hydrogen (secondary N) is 2. The van der Waals surface area contributed by atoms with Gasteiger partial charge in [0, 0.05) is 12.2 Å². The Balaban J connectivity index is 2.29. The Morgan fingerprint density at radius 2 is 2.28 bits per heavy atom. The summed E-state index contributed by atoms with van der Waals surface area (Å²) in [6.45, 7) is 3.64. The SMILES string of the molecule is CC(C)NC(=O)c1noc(-c2ccc[nH]c2=O)n1. The summed E-state index contributed by atoms with van der Waals surface area (Å²) < 4.78 is 4.89. The number of nitrogens with zero attached hydrogens (tertiary/aromatic N) is 2. The average Bonchev–Trinajstić information content (AvgIpc) is 2.78. The molecule has 2 N–H and O–H groups in total. The molecule has 94 valence electrons. The van der Waals surface area contributed by atoms with Gasteiger partial charge in [-0.25, -0.2) is 0 Å². The molecule has 0 saturated heterocycles. The number of aromatic nitrogens is 3. The molecule has 7 heteroatoms. The summed E-state index contributed by atoms with van der Waals surface area (Å²) in [5, 5.41) is 6.16. The van der Waals surface area contributed by atoms with Crippen LogP contribution in [0.3, 0.4) is 0 Å². The highest BCUT2D eigenvalue weighted by atomic mass is 16.5. The fourth-order valence-corrected chi connectivity index (χ4v) is 1.34. The van der Waals surface area contributed by atoms with E-state index in [9.17, 15) is 9.59 Å². The van der Waals surface area contributed by atoms with Crippen LogP contribution in [0.15, 0.2) is 27.6 Å². The first-order chi connectivity index (χ1) is 8.58. The third-order valence-corrected chi connectivity index (χ3v) is 2.10. The van der Waals surface area contributed by atoms with E-state index in [0.29, 0.717) is 0 Å². The fraction of sp³-hybridized carbons (Fsp3) is 0.273. The Bertz CT molecular complexity index is 615. The molecule has 0 bridgehead atoms. The van der Waals surface area contributed by atoms with Gasteiger partial charge in [-0.1, -0.05) is 5.16 Å². The van der Waals surface area contributed by atoms with Crippen molar-refractivity contribution in [3.05, 3.63) is 34.5 Å². The quantitative estimate of drug-likeness (QED) is 0.826. The molecule has 0 fully saturated rings. The van der Waals surface area contributed by atoms with Crippen molar-refractivity contribution in [1.29, 1.82) is 0 Å². The zero-order valence-electron chi connectivity index (χ0n) is 9.93. The van der Waals surface area contributed by atoms with E-state index in [1.165, 1.54) is 12.3 Å². The van der Waals surface area contributed by atoms with E-state index in [1.807, 2.05) is 13.8 Å². The molecular weight excluding hydrogens is 236 g/mol. The number of hydrogen-bond donors (Lipinski definition) is 2. The van der Waals surface area contributed by atoms with Gasteiger partial charge in [-0.2, -0.15) is 4.98 Å². The number of carbonyl (C=O) groups excluding carboxylic acids is 1. The third-order valence-electron chi connectivity index (χ3n) is 2.10.